The van der Waals surface area contributed by atoms with E-state index in [1.54, 1.807) is 12.1 Å². The molecule has 0 aliphatic heterocycles. The van der Waals surface area contributed by atoms with Crippen molar-refractivity contribution in [2.24, 2.45) is 0 Å². The number of hydrogen-bond donors (Lipinski definition) is 0. The van der Waals surface area contributed by atoms with Gasteiger partial charge in [-0.3, -0.25) is 4.68 Å². The monoisotopic (exact) mass is 418 g/mol. The van der Waals surface area contributed by atoms with Crippen LogP contribution >= 0.6 is 11.6 Å². The highest BCUT2D eigenvalue weighted by Gasteiger charge is 2.34. The molecule has 0 saturated carbocycles. The van der Waals surface area contributed by atoms with Crippen molar-refractivity contribution >= 4 is 22.5 Å². The molecule has 1 heterocycles. The first-order valence-electron chi connectivity index (χ1n) is 8.82. The molecule has 0 bridgehead atoms. The van der Waals surface area contributed by atoms with Gasteiger partial charge in [0.05, 0.1) is 17.8 Å². The van der Waals surface area contributed by atoms with Crippen LogP contribution in [0.2, 0.25) is 5.02 Å². The van der Waals surface area contributed by atoms with Crippen molar-refractivity contribution in [2.75, 3.05) is 0 Å². The highest BCUT2D eigenvalue weighted by Crippen LogP contribution is 2.38. The van der Waals surface area contributed by atoms with Crippen LogP contribution in [-0.4, -0.2) is 9.78 Å². The zero-order valence-corrected chi connectivity index (χ0v) is 16.0. The summed E-state index contributed by atoms with van der Waals surface area (Å²) in [5.74, 6) is -0.429. The molecule has 0 saturated heterocycles. The van der Waals surface area contributed by atoms with Gasteiger partial charge in [-0.15, -0.1) is 0 Å². The van der Waals surface area contributed by atoms with Gasteiger partial charge < -0.3 is 0 Å². The van der Waals surface area contributed by atoms with Crippen molar-refractivity contribution in [1.82, 2.24) is 9.78 Å². The lowest BCUT2D eigenvalue weighted by Crippen LogP contribution is -2.07. The Morgan fingerprint density at radius 1 is 1.00 bits per heavy atom. The molecule has 148 valence electrons. The maximum absolute atomic E-state index is 13.5. The highest BCUT2D eigenvalue weighted by molar-refractivity contribution is 6.31. The van der Waals surface area contributed by atoms with E-state index in [2.05, 4.69) is 5.10 Å². The number of benzene rings is 3. The number of halogens is 5. The van der Waals surface area contributed by atoms with Crippen molar-refractivity contribution < 1.29 is 17.6 Å². The number of hydrogen-bond acceptors (Lipinski definition) is 1. The molecule has 2 nitrogen and oxygen atoms in total. The minimum absolute atomic E-state index is 0.150. The van der Waals surface area contributed by atoms with E-state index in [1.165, 1.54) is 35.0 Å². The van der Waals surface area contributed by atoms with Crippen molar-refractivity contribution in [2.45, 2.75) is 19.6 Å². The summed E-state index contributed by atoms with van der Waals surface area (Å²) in [6.07, 6.45) is -4.54. The highest BCUT2D eigenvalue weighted by atomic mass is 35.5. The molecule has 4 aromatic rings. The topological polar surface area (TPSA) is 17.8 Å². The maximum Gasteiger partial charge on any atom is 0.418 e. The average molecular weight is 419 g/mol. The summed E-state index contributed by atoms with van der Waals surface area (Å²) in [6.45, 7) is 2.08. The van der Waals surface area contributed by atoms with Crippen LogP contribution < -0.4 is 0 Å². The van der Waals surface area contributed by atoms with Crippen LogP contribution in [0.1, 0.15) is 16.7 Å². The summed E-state index contributed by atoms with van der Waals surface area (Å²) in [4.78, 5) is 0. The van der Waals surface area contributed by atoms with Gasteiger partial charge in [0.25, 0.3) is 0 Å². The van der Waals surface area contributed by atoms with E-state index >= 15 is 0 Å². The zero-order chi connectivity index (χ0) is 20.8. The summed E-state index contributed by atoms with van der Waals surface area (Å²) in [5, 5.41) is 5.13. The van der Waals surface area contributed by atoms with Crippen LogP contribution in [0.25, 0.3) is 22.2 Å². The molecular weight excluding hydrogens is 404 g/mol. The maximum atomic E-state index is 13.5. The Balaban J connectivity index is 1.96. The average Bonchev–Trinajstić information content (AvgIpc) is 3.02. The molecule has 0 spiro atoms. The summed E-state index contributed by atoms with van der Waals surface area (Å²) >= 11 is 6.33. The molecule has 29 heavy (non-hydrogen) atoms. The van der Waals surface area contributed by atoms with E-state index < -0.39 is 17.6 Å². The first kappa shape index (κ1) is 19.5. The summed E-state index contributed by atoms with van der Waals surface area (Å²) in [5.41, 5.74) is 1.78. The van der Waals surface area contributed by atoms with E-state index in [9.17, 15) is 17.6 Å². The van der Waals surface area contributed by atoms with Crippen LogP contribution in [0.3, 0.4) is 0 Å². The van der Waals surface area contributed by atoms with Crippen LogP contribution in [0.15, 0.2) is 60.7 Å². The molecule has 0 fully saturated rings. The Morgan fingerprint density at radius 3 is 2.38 bits per heavy atom. The molecule has 0 radical (unpaired) electrons. The Kier molecular flexibility index (Phi) is 4.82. The lowest BCUT2D eigenvalue weighted by molar-refractivity contribution is -0.136. The van der Waals surface area contributed by atoms with E-state index in [0.717, 1.165) is 17.2 Å². The number of alkyl halides is 3. The number of aromatic nitrogens is 2. The molecule has 0 aliphatic rings. The van der Waals surface area contributed by atoms with E-state index in [4.69, 9.17) is 11.6 Å². The molecule has 4 rings (SSSR count). The van der Waals surface area contributed by atoms with E-state index in [1.807, 2.05) is 19.1 Å². The summed E-state index contributed by atoms with van der Waals surface area (Å²) in [7, 11) is 0. The molecule has 0 amide bonds. The first-order valence-corrected chi connectivity index (χ1v) is 9.19. The third-order valence-electron chi connectivity index (χ3n) is 4.72. The molecule has 0 unspecified atom stereocenters. The fourth-order valence-electron chi connectivity index (χ4n) is 3.35. The second kappa shape index (κ2) is 7.19. The van der Waals surface area contributed by atoms with Crippen LogP contribution in [0.4, 0.5) is 17.6 Å². The molecule has 0 aliphatic carbocycles. The molecule has 1 aromatic heterocycles. The molecule has 3 aromatic carbocycles. The fourth-order valence-corrected chi connectivity index (χ4v) is 3.64. The van der Waals surface area contributed by atoms with Gasteiger partial charge in [0.15, 0.2) is 0 Å². The largest absolute Gasteiger partial charge is 0.418 e. The normalized spacial score (nSPS) is 11.9. The van der Waals surface area contributed by atoms with Gasteiger partial charge in [-0.1, -0.05) is 35.9 Å². The number of rotatable bonds is 3. The van der Waals surface area contributed by atoms with Crippen molar-refractivity contribution in [3.8, 4) is 11.3 Å². The number of nitrogens with zero attached hydrogens (tertiary/aromatic N) is 2. The van der Waals surface area contributed by atoms with Crippen LogP contribution in [-0.2, 0) is 12.7 Å². The SMILES string of the molecule is Cc1ccc(Cn2nc3c(C(F)(F)F)cccc3c2-c2ccc(F)cc2)c(Cl)c1. The lowest BCUT2D eigenvalue weighted by Gasteiger charge is -2.10. The van der Waals surface area contributed by atoms with Gasteiger partial charge in [-0.25, -0.2) is 4.39 Å². The number of aryl methyl sites for hydroxylation is 1. The Labute approximate surface area is 169 Å². The van der Waals surface area contributed by atoms with Gasteiger partial charge in [0, 0.05) is 16.0 Å². The smallest absolute Gasteiger partial charge is 0.259 e. The lowest BCUT2D eigenvalue weighted by atomic mass is 10.0. The first-order chi connectivity index (χ1) is 13.7. The molecule has 0 N–H and O–H groups in total. The third-order valence-corrected chi connectivity index (χ3v) is 5.07. The Bertz CT molecular complexity index is 1190. The van der Waals surface area contributed by atoms with Gasteiger partial charge in [-0.05, 0) is 54.4 Å². The predicted molar refractivity (Wildman–Crippen MR) is 105 cm³/mol. The summed E-state index contributed by atoms with van der Waals surface area (Å²) < 4.78 is 55.5. The Hall–Kier alpha value is -2.86. The minimum atomic E-state index is -4.54. The minimum Gasteiger partial charge on any atom is -0.259 e. The Morgan fingerprint density at radius 2 is 1.72 bits per heavy atom. The van der Waals surface area contributed by atoms with Gasteiger partial charge in [0.2, 0.25) is 0 Å². The third kappa shape index (κ3) is 3.72. The van der Waals surface area contributed by atoms with Gasteiger partial charge >= 0.3 is 6.18 Å². The van der Waals surface area contributed by atoms with Gasteiger partial charge in [0.1, 0.15) is 11.3 Å². The van der Waals surface area contributed by atoms with E-state index in [-0.39, 0.29) is 12.1 Å². The van der Waals surface area contributed by atoms with Crippen LogP contribution in [0, 0.1) is 12.7 Å². The van der Waals surface area contributed by atoms with Gasteiger partial charge in [-0.2, -0.15) is 18.3 Å². The van der Waals surface area contributed by atoms with Crippen molar-refractivity contribution in [1.29, 1.82) is 0 Å². The van der Waals surface area contributed by atoms with Crippen LogP contribution in [0.5, 0.6) is 0 Å². The standard InChI is InChI=1S/C22H15ClF4N2/c1-13-5-6-15(19(23)11-13)12-29-21(14-7-9-16(24)10-8-14)17-3-2-4-18(20(17)28-29)22(25,26)27/h2-11H,12H2,1H3. The van der Waals surface area contributed by atoms with Crippen molar-refractivity contribution in [3.63, 3.8) is 0 Å². The number of fused-ring (bicyclic) bond motifs is 1. The second-order valence-corrected chi connectivity index (χ2v) is 7.21. The zero-order valence-electron chi connectivity index (χ0n) is 15.3. The van der Waals surface area contributed by atoms with Crippen molar-refractivity contribution in [3.05, 3.63) is 88.2 Å². The summed E-state index contributed by atoms with van der Waals surface area (Å²) in [6, 6.07) is 15.0. The molecule has 0 atom stereocenters. The fraction of sp³-hybridized carbons (Fsp3) is 0.136. The second-order valence-electron chi connectivity index (χ2n) is 6.81. The molecule has 7 heteroatoms. The quantitative estimate of drug-likeness (QED) is 0.332. The van der Waals surface area contributed by atoms with E-state index in [0.29, 0.717) is 21.7 Å². The predicted octanol–water partition coefficient (Wildman–Crippen LogP) is 6.87. The molecular formula is C22H15ClF4N2.